The number of anilines is 1. The molecule has 80 valence electrons. The molecule has 1 fully saturated rings. The first-order valence-corrected chi connectivity index (χ1v) is 4.58. The van der Waals surface area contributed by atoms with E-state index in [1.807, 2.05) is 0 Å². The molecule has 0 spiro atoms. The average Bonchev–Trinajstić information content (AvgIpc) is 2.68. The van der Waals surface area contributed by atoms with Gasteiger partial charge in [-0.25, -0.2) is 0 Å². The van der Waals surface area contributed by atoms with Crippen LogP contribution < -0.4 is 5.32 Å². The summed E-state index contributed by atoms with van der Waals surface area (Å²) in [6.45, 7) is 1.76. The molecule has 1 atom stereocenters. The summed E-state index contributed by atoms with van der Waals surface area (Å²) in [5, 5.41) is 6.55. The first-order valence-electron chi connectivity index (χ1n) is 4.58. The molecule has 2 rings (SSSR count). The molecular formula is C9H11N3O3. The van der Waals surface area contributed by atoms with Crippen LogP contribution in [0.4, 0.5) is 5.82 Å². The van der Waals surface area contributed by atoms with Crippen molar-refractivity contribution in [1.82, 2.24) is 10.1 Å². The summed E-state index contributed by atoms with van der Waals surface area (Å²) in [5.41, 5.74) is 0. The van der Waals surface area contributed by atoms with Gasteiger partial charge in [0.05, 0.1) is 6.42 Å². The molecule has 0 radical (unpaired) electrons. The van der Waals surface area contributed by atoms with Crippen LogP contribution >= 0.6 is 0 Å². The Morgan fingerprint density at radius 3 is 2.80 bits per heavy atom. The van der Waals surface area contributed by atoms with E-state index in [-0.39, 0.29) is 18.2 Å². The van der Waals surface area contributed by atoms with Gasteiger partial charge in [-0.2, -0.15) is 0 Å². The van der Waals surface area contributed by atoms with Gasteiger partial charge in [0.15, 0.2) is 5.82 Å². The number of nitrogens with one attached hydrogen (secondary N) is 1. The highest BCUT2D eigenvalue weighted by Crippen LogP contribution is 2.16. The molecule has 0 saturated carbocycles. The number of aromatic nitrogens is 1. The molecular weight excluding hydrogens is 198 g/mol. The number of hydrogen-bond donors (Lipinski definition) is 1. The van der Waals surface area contributed by atoms with Crippen molar-refractivity contribution in [3.05, 3.63) is 11.8 Å². The second-order valence-corrected chi connectivity index (χ2v) is 3.51. The number of carbonyl (C=O) groups is 2. The van der Waals surface area contributed by atoms with E-state index in [2.05, 4.69) is 10.5 Å². The van der Waals surface area contributed by atoms with Crippen molar-refractivity contribution >= 4 is 17.6 Å². The number of hydrogen-bond acceptors (Lipinski definition) is 5. The van der Waals surface area contributed by atoms with Crippen LogP contribution in [0.25, 0.3) is 0 Å². The zero-order chi connectivity index (χ0) is 11.0. The van der Waals surface area contributed by atoms with Gasteiger partial charge < -0.3 is 9.84 Å². The number of likely N-dealkylation sites (tertiary alicyclic amines) is 1. The van der Waals surface area contributed by atoms with E-state index in [1.165, 1.54) is 7.05 Å². The van der Waals surface area contributed by atoms with Gasteiger partial charge in [-0.05, 0) is 6.92 Å². The zero-order valence-electron chi connectivity index (χ0n) is 8.48. The van der Waals surface area contributed by atoms with E-state index in [9.17, 15) is 9.59 Å². The smallest absolute Gasteiger partial charge is 0.251 e. The van der Waals surface area contributed by atoms with Gasteiger partial charge in [0.2, 0.25) is 5.91 Å². The molecule has 0 aliphatic carbocycles. The number of nitrogens with zero attached hydrogens (tertiary/aromatic N) is 2. The second kappa shape index (κ2) is 3.38. The Balaban J connectivity index is 2.08. The summed E-state index contributed by atoms with van der Waals surface area (Å²) in [4.78, 5) is 23.8. The van der Waals surface area contributed by atoms with Crippen LogP contribution in [-0.2, 0) is 9.59 Å². The fraction of sp³-hybridized carbons (Fsp3) is 0.444. The van der Waals surface area contributed by atoms with Crippen molar-refractivity contribution in [1.29, 1.82) is 0 Å². The lowest BCUT2D eigenvalue weighted by Crippen LogP contribution is -2.31. The molecule has 1 aromatic heterocycles. The third-order valence-electron chi connectivity index (χ3n) is 2.33. The number of carbonyl (C=O) groups excluding carboxylic acids is 2. The van der Waals surface area contributed by atoms with Crippen LogP contribution in [0.5, 0.6) is 0 Å². The second-order valence-electron chi connectivity index (χ2n) is 3.51. The molecule has 1 N–H and O–H groups in total. The molecule has 2 heterocycles. The van der Waals surface area contributed by atoms with E-state index in [1.54, 1.807) is 13.0 Å². The molecule has 0 bridgehead atoms. The van der Waals surface area contributed by atoms with E-state index >= 15 is 0 Å². The van der Waals surface area contributed by atoms with E-state index in [4.69, 9.17) is 4.52 Å². The lowest BCUT2D eigenvalue weighted by Gasteiger charge is -2.08. The average molecular weight is 209 g/mol. The number of rotatable bonds is 2. The molecule has 6 heteroatoms. The van der Waals surface area contributed by atoms with Crippen LogP contribution in [0.2, 0.25) is 0 Å². The minimum Gasteiger partial charge on any atom is -0.360 e. The van der Waals surface area contributed by atoms with E-state index in [0.29, 0.717) is 11.6 Å². The monoisotopic (exact) mass is 209 g/mol. The SMILES string of the molecule is Cc1cc(NC2CC(=O)N(C)C2=O)no1. The van der Waals surface area contributed by atoms with E-state index < -0.39 is 6.04 Å². The highest BCUT2D eigenvalue weighted by Gasteiger charge is 2.36. The molecule has 2 amide bonds. The lowest BCUT2D eigenvalue weighted by atomic mass is 10.2. The van der Waals surface area contributed by atoms with Crippen molar-refractivity contribution in [3.8, 4) is 0 Å². The van der Waals surface area contributed by atoms with Crippen molar-refractivity contribution in [2.45, 2.75) is 19.4 Å². The Morgan fingerprint density at radius 2 is 2.33 bits per heavy atom. The third-order valence-corrected chi connectivity index (χ3v) is 2.33. The van der Waals surface area contributed by atoms with Gasteiger partial charge in [-0.1, -0.05) is 5.16 Å². The van der Waals surface area contributed by atoms with Crippen molar-refractivity contribution < 1.29 is 14.1 Å². The number of likely N-dealkylation sites (N-methyl/N-ethyl adjacent to an activating group) is 1. The third kappa shape index (κ3) is 1.70. The summed E-state index contributed by atoms with van der Waals surface area (Å²) in [6, 6.07) is 1.16. The van der Waals surface area contributed by atoms with Crippen LogP contribution in [0.1, 0.15) is 12.2 Å². The van der Waals surface area contributed by atoms with Crippen molar-refractivity contribution in [2.24, 2.45) is 0 Å². The molecule has 15 heavy (non-hydrogen) atoms. The maximum absolute atomic E-state index is 11.5. The normalized spacial score (nSPS) is 21.2. The van der Waals surface area contributed by atoms with Gasteiger partial charge >= 0.3 is 0 Å². The molecule has 0 aromatic carbocycles. The van der Waals surface area contributed by atoms with E-state index in [0.717, 1.165) is 4.90 Å². The summed E-state index contributed by atoms with van der Waals surface area (Å²) in [5.74, 6) is 0.718. The van der Waals surface area contributed by atoms with Crippen molar-refractivity contribution in [3.63, 3.8) is 0 Å². The van der Waals surface area contributed by atoms with Gasteiger partial charge in [0, 0.05) is 13.1 Å². The van der Waals surface area contributed by atoms with Gasteiger partial charge in [-0.15, -0.1) is 0 Å². The maximum atomic E-state index is 11.5. The molecule has 1 aliphatic rings. The highest BCUT2D eigenvalue weighted by atomic mass is 16.5. The first-order chi connectivity index (χ1) is 7.08. The fourth-order valence-electron chi connectivity index (χ4n) is 1.48. The van der Waals surface area contributed by atoms with Crippen LogP contribution in [-0.4, -0.2) is 35.0 Å². The lowest BCUT2D eigenvalue weighted by molar-refractivity contribution is -0.136. The molecule has 1 aromatic rings. The summed E-state index contributed by atoms with van der Waals surface area (Å²) in [6.07, 6.45) is 0.168. The Labute approximate surface area is 86.2 Å². The molecule has 1 unspecified atom stereocenters. The summed E-state index contributed by atoms with van der Waals surface area (Å²) >= 11 is 0. The Kier molecular flexibility index (Phi) is 2.18. The zero-order valence-corrected chi connectivity index (χ0v) is 8.48. The highest BCUT2D eigenvalue weighted by molar-refractivity contribution is 6.06. The van der Waals surface area contributed by atoms with Gasteiger partial charge in [-0.3, -0.25) is 14.5 Å². The van der Waals surface area contributed by atoms with Crippen LogP contribution in [0.3, 0.4) is 0 Å². The predicted molar refractivity (Wildman–Crippen MR) is 51.0 cm³/mol. The Morgan fingerprint density at radius 1 is 1.60 bits per heavy atom. The number of amides is 2. The summed E-state index contributed by atoms with van der Waals surface area (Å²) < 4.78 is 4.84. The quantitative estimate of drug-likeness (QED) is 0.702. The Bertz CT molecular complexity index is 412. The van der Waals surface area contributed by atoms with Crippen molar-refractivity contribution in [2.75, 3.05) is 12.4 Å². The topological polar surface area (TPSA) is 75.4 Å². The number of aryl methyl sites for hydroxylation is 1. The fourth-order valence-corrected chi connectivity index (χ4v) is 1.48. The van der Waals surface area contributed by atoms with Crippen LogP contribution in [0.15, 0.2) is 10.6 Å². The standard InChI is InChI=1S/C9H11N3O3/c1-5-3-7(11-15-5)10-6-4-8(13)12(2)9(6)14/h3,6H,4H2,1-2H3,(H,10,11). The maximum Gasteiger partial charge on any atom is 0.251 e. The predicted octanol–water partition coefficient (Wildman–Crippen LogP) is 0.152. The first kappa shape index (κ1) is 9.70. The largest absolute Gasteiger partial charge is 0.360 e. The minimum atomic E-state index is -0.521. The molecule has 6 nitrogen and oxygen atoms in total. The minimum absolute atomic E-state index is 0.168. The Hall–Kier alpha value is -1.85. The van der Waals surface area contributed by atoms with Gasteiger partial charge in [0.1, 0.15) is 11.8 Å². The number of imide groups is 1. The van der Waals surface area contributed by atoms with Gasteiger partial charge in [0.25, 0.3) is 5.91 Å². The summed E-state index contributed by atoms with van der Waals surface area (Å²) in [7, 11) is 1.47. The molecule has 1 aliphatic heterocycles. The van der Waals surface area contributed by atoms with Crippen LogP contribution in [0, 0.1) is 6.92 Å². The molecule has 1 saturated heterocycles.